The predicted molar refractivity (Wildman–Crippen MR) is 125 cm³/mol. The molecule has 2 heteroatoms. The highest BCUT2D eigenvalue weighted by Crippen LogP contribution is 2.59. The van der Waals surface area contributed by atoms with Crippen molar-refractivity contribution in [3.8, 4) is 0 Å². The Morgan fingerprint density at radius 2 is 0.929 bits per heavy atom. The Kier molecular flexibility index (Phi) is 6.08. The van der Waals surface area contributed by atoms with Crippen molar-refractivity contribution in [2.45, 2.75) is 39.7 Å². The van der Waals surface area contributed by atoms with E-state index in [-0.39, 0.29) is 5.41 Å². The summed E-state index contributed by atoms with van der Waals surface area (Å²) in [6.07, 6.45) is 1.77. The monoisotopic (exact) mass is 391 g/mol. The van der Waals surface area contributed by atoms with Gasteiger partial charge in [0.05, 0.1) is 11.8 Å². The molecule has 0 bridgehead atoms. The molecule has 0 atom stereocenters. The van der Waals surface area contributed by atoms with Crippen molar-refractivity contribution < 1.29 is 5.11 Å². The smallest absolute Gasteiger partial charge is 0.112 e. The lowest BCUT2D eigenvalue weighted by Crippen LogP contribution is -2.40. The highest BCUT2D eigenvalue weighted by molar-refractivity contribution is 7.95. The summed E-state index contributed by atoms with van der Waals surface area (Å²) in [6, 6.07) is 32.9. The van der Waals surface area contributed by atoms with E-state index in [1.165, 1.54) is 15.9 Å². The van der Waals surface area contributed by atoms with Crippen LogP contribution in [0.1, 0.15) is 34.1 Å². The Hall–Kier alpha value is -1.95. The maximum atomic E-state index is 10.6. The van der Waals surface area contributed by atoms with E-state index in [9.17, 15) is 5.11 Å². The van der Waals surface area contributed by atoms with Crippen molar-refractivity contribution in [2.24, 2.45) is 5.41 Å². The van der Waals surface area contributed by atoms with E-state index in [1.807, 2.05) is 13.8 Å². The van der Waals surface area contributed by atoms with Gasteiger partial charge in [-0.3, -0.25) is 0 Å². The Labute approximate surface area is 170 Å². The zero-order chi connectivity index (χ0) is 20.3. The van der Waals surface area contributed by atoms with Crippen molar-refractivity contribution in [1.29, 1.82) is 0 Å². The quantitative estimate of drug-likeness (QED) is 0.551. The second-order valence-electron chi connectivity index (χ2n) is 9.13. The molecular weight excluding hydrogens is 359 g/mol. The lowest BCUT2D eigenvalue weighted by molar-refractivity contribution is 0.0380. The lowest BCUT2D eigenvalue weighted by Gasteiger charge is -2.37. The number of rotatable bonds is 7. The van der Waals surface area contributed by atoms with Gasteiger partial charge in [-0.1, -0.05) is 68.4 Å². The van der Waals surface area contributed by atoms with E-state index in [1.54, 1.807) is 0 Å². The lowest BCUT2D eigenvalue weighted by atomic mass is 9.83. The van der Waals surface area contributed by atoms with E-state index in [0.29, 0.717) is 0 Å². The molecule has 0 radical (unpaired) electrons. The fourth-order valence-electron chi connectivity index (χ4n) is 4.64. The number of aliphatic hydroxyl groups is 1. The van der Waals surface area contributed by atoms with Gasteiger partial charge in [0.1, 0.15) is 23.2 Å². The highest BCUT2D eigenvalue weighted by Gasteiger charge is 2.49. The van der Waals surface area contributed by atoms with Gasteiger partial charge in [-0.05, 0) is 56.7 Å². The second-order valence-corrected chi connectivity index (χ2v) is 12.6. The van der Waals surface area contributed by atoms with E-state index in [4.69, 9.17) is 0 Å². The van der Waals surface area contributed by atoms with Gasteiger partial charge in [-0.2, -0.15) is 0 Å². The highest BCUT2D eigenvalue weighted by atomic mass is 31.2. The maximum Gasteiger partial charge on any atom is 0.112 e. The standard InChI is InChI=1S/C26H32OP/c1-25(2,20-26(3,4)27)21-28(22-14-8-5-9-15-22,23-16-10-6-11-17-23)24-18-12-7-13-19-24/h5-19,27H,20-21H2,1-4H3/q+1. The Morgan fingerprint density at radius 1 is 0.607 bits per heavy atom. The molecule has 0 aliphatic rings. The minimum absolute atomic E-state index is 0.0203. The molecule has 3 aromatic carbocycles. The molecule has 0 saturated heterocycles. The minimum Gasteiger partial charge on any atom is -0.390 e. The Morgan fingerprint density at radius 3 is 1.21 bits per heavy atom. The molecule has 0 spiro atoms. The summed E-state index contributed by atoms with van der Waals surface area (Å²) >= 11 is 0. The third-order valence-corrected chi connectivity index (χ3v) is 10.0. The second kappa shape index (κ2) is 8.19. The first-order valence-corrected chi connectivity index (χ1v) is 12.0. The van der Waals surface area contributed by atoms with Crippen LogP contribution in [0.25, 0.3) is 0 Å². The third-order valence-electron chi connectivity index (χ3n) is 5.17. The molecule has 0 aliphatic heterocycles. The zero-order valence-electron chi connectivity index (χ0n) is 17.5. The van der Waals surface area contributed by atoms with Gasteiger partial charge in [0.15, 0.2) is 0 Å². The summed E-state index contributed by atoms with van der Waals surface area (Å²) < 4.78 is 0. The molecule has 1 N–H and O–H groups in total. The van der Waals surface area contributed by atoms with Gasteiger partial charge in [-0.25, -0.2) is 0 Å². The van der Waals surface area contributed by atoms with Crippen LogP contribution in [0, 0.1) is 5.41 Å². The summed E-state index contributed by atoms with van der Waals surface area (Å²) in [6.45, 7) is 8.44. The molecule has 146 valence electrons. The molecule has 3 aromatic rings. The molecule has 0 unspecified atom stereocenters. The zero-order valence-corrected chi connectivity index (χ0v) is 18.4. The average molecular weight is 392 g/mol. The van der Waals surface area contributed by atoms with Crippen LogP contribution in [0.5, 0.6) is 0 Å². The van der Waals surface area contributed by atoms with Gasteiger partial charge in [-0.15, -0.1) is 0 Å². The SMILES string of the molecule is CC(C)(O)CC(C)(C)C[P+](c1ccccc1)(c1ccccc1)c1ccccc1. The molecule has 0 aromatic heterocycles. The molecule has 0 aliphatic carbocycles. The third kappa shape index (κ3) is 4.72. The Bertz CT molecular complexity index is 768. The molecule has 0 amide bonds. The molecule has 1 nitrogen and oxygen atoms in total. The summed E-state index contributed by atoms with van der Waals surface area (Å²) in [5, 5.41) is 14.8. The first-order chi connectivity index (χ1) is 13.2. The first-order valence-electron chi connectivity index (χ1n) is 10.0. The van der Waals surface area contributed by atoms with Gasteiger partial charge >= 0.3 is 0 Å². The van der Waals surface area contributed by atoms with E-state index in [2.05, 4.69) is 105 Å². The van der Waals surface area contributed by atoms with Crippen LogP contribution in [0.2, 0.25) is 0 Å². The summed E-state index contributed by atoms with van der Waals surface area (Å²) in [4.78, 5) is 0. The van der Waals surface area contributed by atoms with Crippen molar-refractivity contribution in [3.63, 3.8) is 0 Å². The van der Waals surface area contributed by atoms with Crippen LogP contribution in [0.4, 0.5) is 0 Å². The molecule has 0 fully saturated rings. The number of hydrogen-bond donors (Lipinski definition) is 1. The van der Waals surface area contributed by atoms with Gasteiger partial charge in [0, 0.05) is 5.41 Å². The van der Waals surface area contributed by atoms with Crippen molar-refractivity contribution in [3.05, 3.63) is 91.0 Å². The van der Waals surface area contributed by atoms with Crippen LogP contribution >= 0.6 is 7.26 Å². The molecule has 0 saturated carbocycles. The van der Waals surface area contributed by atoms with Crippen molar-refractivity contribution in [2.75, 3.05) is 6.16 Å². The van der Waals surface area contributed by atoms with Crippen LogP contribution in [0.15, 0.2) is 91.0 Å². The van der Waals surface area contributed by atoms with Crippen LogP contribution in [-0.4, -0.2) is 16.9 Å². The normalized spacial score (nSPS) is 12.8. The molecular formula is C26H32OP+. The van der Waals surface area contributed by atoms with Gasteiger partial charge in [0.25, 0.3) is 0 Å². The fraction of sp³-hybridized carbons (Fsp3) is 0.308. The summed E-state index contributed by atoms with van der Waals surface area (Å²) in [7, 11) is -1.87. The van der Waals surface area contributed by atoms with Gasteiger partial charge in [0.2, 0.25) is 0 Å². The van der Waals surface area contributed by atoms with E-state index < -0.39 is 12.9 Å². The predicted octanol–water partition coefficient (Wildman–Crippen LogP) is 5.17. The average Bonchev–Trinajstić information content (AvgIpc) is 2.66. The maximum absolute atomic E-state index is 10.6. The van der Waals surface area contributed by atoms with Crippen molar-refractivity contribution >= 4 is 23.2 Å². The fourth-order valence-corrected chi connectivity index (χ4v) is 9.52. The van der Waals surface area contributed by atoms with Crippen LogP contribution in [-0.2, 0) is 0 Å². The largest absolute Gasteiger partial charge is 0.390 e. The van der Waals surface area contributed by atoms with Crippen molar-refractivity contribution in [1.82, 2.24) is 0 Å². The number of hydrogen-bond acceptors (Lipinski definition) is 1. The topological polar surface area (TPSA) is 20.2 Å². The summed E-state index contributed by atoms with van der Waals surface area (Å²) in [5.74, 6) is 0. The molecule has 0 heterocycles. The van der Waals surface area contributed by atoms with Crippen LogP contribution in [0.3, 0.4) is 0 Å². The molecule has 3 rings (SSSR count). The van der Waals surface area contributed by atoms with E-state index in [0.717, 1.165) is 12.6 Å². The number of benzene rings is 3. The summed E-state index contributed by atoms with van der Waals surface area (Å²) in [5.41, 5.74) is -0.712. The Balaban J connectivity index is 2.25. The van der Waals surface area contributed by atoms with Gasteiger partial charge < -0.3 is 5.11 Å². The van der Waals surface area contributed by atoms with E-state index >= 15 is 0 Å². The van der Waals surface area contributed by atoms with Crippen LogP contribution < -0.4 is 15.9 Å². The minimum atomic E-state index is -1.87. The first kappa shape index (κ1) is 20.8. The molecule has 28 heavy (non-hydrogen) atoms.